The van der Waals surface area contributed by atoms with E-state index >= 15 is 0 Å². The highest BCUT2D eigenvalue weighted by Crippen LogP contribution is 2.18. The van der Waals surface area contributed by atoms with Crippen molar-refractivity contribution >= 4 is 21.7 Å². The molecule has 1 N–H and O–H groups in total. The van der Waals surface area contributed by atoms with E-state index in [1.165, 1.54) is 30.7 Å². The Morgan fingerprint density at radius 2 is 1.68 bits per heavy atom. The molecule has 0 heterocycles. The van der Waals surface area contributed by atoms with Crippen molar-refractivity contribution in [1.82, 2.24) is 5.32 Å². The summed E-state index contributed by atoms with van der Waals surface area (Å²) >= 11 is 0. The summed E-state index contributed by atoms with van der Waals surface area (Å²) in [6.07, 6.45) is 0.937. The van der Waals surface area contributed by atoms with Crippen molar-refractivity contribution in [2.75, 3.05) is 12.4 Å². The number of nitrogens with one attached hydrogen (secondary N) is 1. The minimum atomic E-state index is -3.57. The second kappa shape index (κ2) is 9.50. The van der Waals surface area contributed by atoms with Crippen LogP contribution in [0.1, 0.15) is 48.3 Å². The summed E-state index contributed by atoms with van der Waals surface area (Å²) in [5.74, 6) is -1.44. The lowest BCUT2D eigenvalue weighted by atomic mass is 10.1. The van der Waals surface area contributed by atoms with Crippen LogP contribution in [0.25, 0.3) is 0 Å². The van der Waals surface area contributed by atoms with Crippen LogP contribution < -0.4 is 5.32 Å². The van der Waals surface area contributed by atoms with Gasteiger partial charge in [0, 0.05) is 0 Å². The molecule has 0 aliphatic heterocycles. The molecule has 2 aromatic carbocycles. The number of hydrogen-bond acceptors (Lipinski definition) is 5. The summed E-state index contributed by atoms with van der Waals surface area (Å²) < 4.78 is 29.3. The molecule has 2 aromatic rings. The molecule has 0 saturated heterocycles. The molecule has 0 aromatic heterocycles. The number of aryl methyl sites for hydroxylation is 1. The minimum Gasteiger partial charge on any atom is -0.452 e. The predicted molar refractivity (Wildman–Crippen MR) is 107 cm³/mol. The quantitative estimate of drug-likeness (QED) is 0.684. The van der Waals surface area contributed by atoms with Gasteiger partial charge >= 0.3 is 5.97 Å². The summed E-state index contributed by atoms with van der Waals surface area (Å²) in [5, 5.41) is 2.76. The molecule has 0 unspecified atom stereocenters. The molecule has 0 fully saturated rings. The van der Waals surface area contributed by atoms with E-state index in [0.717, 1.165) is 12.0 Å². The zero-order valence-corrected chi connectivity index (χ0v) is 17.1. The molecule has 150 valence electrons. The zero-order valence-electron chi connectivity index (χ0n) is 16.3. The number of hydrogen-bond donors (Lipinski definition) is 1. The molecule has 6 nitrogen and oxygen atoms in total. The van der Waals surface area contributed by atoms with Gasteiger partial charge in [-0.25, -0.2) is 13.2 Å². The molecular weight excluding hydrogens is 378 g/mol. The highest BCUT2D eigenvalue weighted by molar-refractivity contribution is 7.91. The lowest BCUT2D eigenvalue weighted by Crippen LogP contribution is -2.31. The topological polar surface area (TPSA) is 89.5 Å². The van der Waals surface area contributed by atoms with Crippen LogP contribution >= 0.6 is 0 Å². The monoisotopic (exact) mass is 403 g/mol. The Bertz CT molecular complexity index is 936. The fourth-order valence-corrected chi connectivity index (χ4v) is 3.76. The van der Waals surface area contributed by atoms with Gasteiger partial charge in [-0.2, -0.15) is 0 Å². The van der Waals surface area contributed by atoms with E-state index in [4.69, 9.17) is 4.74 Å². The fraction of sp³-hybridized carbons (Fsp3) is 0.333. The van der Waals surface area contributed by atoms with Crippen molar-refractivity contribution in [2.45, 2.75) is 38.1 Å². The summed E-state index contributed by atoms with van der Waals surface area (Å²) in [6.45, 7) is 4.91. The van der Waals surface area contributed by atoms with Gasteiger partial charge in [-0.1, -0.05) is 50.2 Å². The van der Waals surface area contributed by atoms with Crippen molar-refractivity contribution in [2.24, 2.45) is 0 Å². The number of carbonyl (C=O) groups is 2. The van der Waals surface area contributed by atoms with Crippen LogP contribution in [0, 0.1) is 0 Å². The number of benzene rings is 2. The molecule has 0 aliphatic carbocycles. The Kier molecular flexibility index (Phi) is 7.34. The number of amides is 1. The second-order valence-electron chi connectivity index (χ2n) is 6.36. The molecule has 7 heteroatoms. The standard InChI is InChI=1S/C21H25NO5S/c1-4-16-10-12-17(13-11-16)15(3)22-20(23)14-27-21(24)18-8-6-7-9-19(18)28(25,26)5-2/h6-13,15H,4-5,14H2,1-3H3,(H,22,23)/t15-/m1/s1. The lowest BCUT2D eigenvalue weighted by Gasteiger charge is -2.15. The molecule has 1 amide bonds. The number of rotatable bonds is 8. The zero-order chi connectivity index (χ0) is 20.7. The van der Waals surface area contributed by atoms with Gasteiger partial charge in [0.15, 0.2) is 16.4 Å². The molecule has 0 bridgehead atoms. The summed E-state index contributed by atoms with van der Waals surface area (Å²) in [7, 11) is -3.57. The third-order valence-electron chi connectivity index (χ3n) is 4.42. The SMILES string of the molecule is CCc1ccc([C@@H](C)NC(=O)COC(=O)c2ccccc2S(=O)(=O)CC)cc1. The molecule has 2 rings (SSSR count). The first-order valence-corrected chi connectivity index (χ1v) is 10.8. The van der Waals surface area contributed by atoms with Crippen LogP contribution in [0.3, 0.4) is 0 Å². The normalized spacial score (nSPS) is 12.2. The van der Waals surface area contributed by atoms with Crippen molar-refractivity contribution in [3.8, 4) is 0 Å². The Balaban J connectivity index is 1.98. The molecule has 28 heavy (non-hydrogen) atoms. The van der Waals surface area contributed by atoms with E-state index < -0.39 is 28.3 Å². The number of carbonyl (C=O) groups excluding carboxylic acids is 2. The average Bonchev–Trinajstić information content (AvgIpc) is 2.72. The number of esters is 1. The fourth-order valence-electron chi connectivity index (χ4n) is 2.68. The second-order valence-corrected chi connectivity index (χ2v) is 8.61. The Morgan fingerprint density at radius 3 is 2.29 bits per heavy atom. The first-order chi connectivity index (χ1) is 13.3. The van der Waals surface area contributed by atoms with E-state index in [0.29, 0.717) is 0 Å². The molecule has 0 spiro atoms. The van der Waals surface area contributed by atoms with Crippen LogP contribution in [-0.2, 0) is 25.8 Å². The van der Waals surface area contributed by atoms with Crippen LogP contribution in [0.15, 0.2) is 53.4 Å². The van der Waals surface area contributed by atoms with Crippen molar-refractivity contribution in [3.05, 3.63) is 65.2 Å². The third kappa shape index (κ3) is 5.42. The maximum atomic E-state index is 12.3. The van der Waals surface area contributed by atoms with Gasteiger partial charge < -0.3 is 10.1 Å². The van der Waals surface area contributed by atoms with Crippen molar-refractivity contribution in [3.63, 3.8) is 0 Å². The maximum Gasteiger partial charge on any atom is 0.339 e. The number of sulfone groups is 1. The van der Waals surface area contributed by atoms with E-state index in [1.54, 1.807) is 6.07 Å². The summed E-state index contributed by atoms with van der Waals surface area (Å²) in [4.78, 5) is 24.3. The largest absolute Gasteiger partial charge is 0.452 e. The first kappa shape index (κ1) is 21.6. The molecule has 0 saturated carbocycles. The van der Waals surface area contributed by atoms with Crippen molar-refractivity contribution < 1.29 is 22.7 Å². The highest BCUT2D eigenvalue weighted by Gasteiger charge is 2.22. The van der Waals surface area contributed by atoms with Gasteiger partial charge in [0.1, 0.15) is 0 Å². The van der Waals surface area contributed by atoms with E-state index in [9.17, 15) is 18.0 Å². The molecule has 0 aliphatic rings. The van der Waals surface area contributed by atoms with Crippen LogP contribution in [-0.4, -0.2) is 32.7 Å². The van der Waals surface area contributed by atoms with Gasteiger partial charge in [-0.05, 0) is 36.6 Å². The maximum absolute atomic E-state index is 12.3. The molecule has 0 radical (unpaired) electrons. The average molecular weight is 404 g/mol. The van der Waals surface area contributed by atoms with Gasteiger partial charge in [-0.3, -0.25) is 4.79 Å². The highest BCUT2D eigenvalue weighted by atomic mass is 32.2. The van der Waals surface area contributed by atoms with Gasteiger partial charge in [-0.15, -0.1) is 0 Å². The molecular formula is C21H25NO5S. The lowest BCUT2D eigenvalue weighted by molar-refractivity contribution is -0.124. The van der Waals surface area contributed by atoms with Gasteiger partial charge in [0.25, 0.3) is 5.91 Å². The smallest absolute Gasteiger partial charge is 0.339 e. The van der Waals surface area contributed by atoms with Crippen LogP contribution in [0.5, 0.6) is 0 Å². The molecule has 1 atom stereocenters. The van der Waals surface area contributed by atoms with Gasteiger partial charge in [0.05, 0.1) is 22.3 Å². The Labute approximate surface area is 165 Å². The number of ether oxygens (including phenoxy) is 1. The minimum absolute atomic E-state index is 0.0691. The third-order valence-corrected chi connectivity index (χ3v) is 6.21. The van der Waals surface area contributed by atoms with Gasteiger partial charge in [0.2, 0.25) is 0 Å². The van der Waals surface area contributed by atoms with Crippen LogP contribution in [0.2, 0.25) is 0 Å². The summed E-state index contributed by atoms with van der Waals surface area (Å²) in [5.41, 5.74) is 2.08. The van der Waals surface area contributed by atoms with Crippen molar-refractivity contribution in [1.29, 1.82) is 0 Å². The van der Waals surface area contributed by atoms with Crippen LogP contribution in [0.4, 0.5) is 0 Å². The Morgan fingerprint density at radius 1 is 1.04 bits per heavy atom. The van der Waals surface area contributed by atoms with E-state index in [2.05, 4.69) is 12.2 Å². The van der Waals surface area contributed by atoms with E-state index in [-0.39, 0.29) is 22.3 Å². The Hall–Kier alpha value is -2.67. The first-order valence-electron chi connectivity index (χ1n) is 9.15. The van der Waals surface area contributed by atoms with E-state index in [1.807, 2.05) is 31.2 Å². The predicted octanol–water partition coefficient (Wildman–Crippen LogP) is 3.08. The summed E-state index contributed by atoms with van der Waals surface area (Å²) in [6, 6.07) is 13.5.